The fourth-order valence-corrected chi connectivity index (χ4v) is 5.61. The molecule has 0 aliphatic carbocycles. The Bertz CT molecular complexity index is 1190. The summed E-state index contributed by atoms with van der Waals surface area (Å²) in [4.78, 5) is 18.1. The molecule has 33 heavy (non-hydrogen) atoms. The molecule has 9 nitrogen and oxygen atoms in total. The zero-order valence-electron chi connectivity index (χ0n) is 19.0. The molecule has 3 aliphatic rings. The van der Waals surface area contributed by atoms with Crippen molar-refractivity contribution in [2.45, 2.75) is 51.2 Å². The zero-order chi connectivity index (χ0) is 22.7. The number of ether oxygens (including phenoxy) is 1. The number of nitrogens with one attached hydrogen (secondary N) is 1. The third-order valence-electron chi connectivity index (χ3n) is 7.83. The van der Waals surface area contributed by atoms with E-state index in [1.165, 1.54) is 12.3 Å². The van der Waals surface area contributed by atoms with Crippen molar-refractivity contribution in [1.29, 1.82) is 0 Å². The summed E-state index contributed by atoms with van der Waals surface area (Å²) in [5, 5.41) is 7.55. The summed E-state index contributed by atoms with van der Waals surface area (Å²) < 4.78 is 19.8. The van der Waals surface area contributed by atoms with Crippen LogP contribution in [0.4, 0.5) is 21.7 Å². The second-order valence-corrected chi connectivity index (χ2v) is 9.76. The molecule has 0 radical (unpaired) electrons. The molecular weight excluding hydrogens is 423 g/mol. The molecule has 0 aromatic carbocycles. The van der Waals surface area contributed by atoms with E-state index in [1.807, 2.05) is 11.1 Å². The van der Waals surface area contributed by atoms with Gasteiger partial charge >= 0.3 is 0 Å². The van der Waals surface area contributed by atoms with Crippen molar-refractivity contribution >= 4 is 28.5 Å². The molecule has 0 saturated carbocycles. The van der Waals surface area contributed by atoms with Gasteiger partial charge in [0.1, 0.15) is 11.6 Å². The number of H-pyrrole nitrogens is 1. The minimum Gasteiger partial charge on any atom is -0.376 e. The molecule has 3 atom stereocenters. The number of anilines is 3. The van der Waals surface area contributed by atoms with E-state index in [1.54, 1.807) is 0 Å². The predicted octanol–water partition coefficient (Wildman–Crippen LogP) is 2.86. The van der Waals surface area contributed by atoms with Gasteiger partial charge in [-0.3, -0.25) is 10.1 Å². The summed E-state index contributed by atoms with van der Waals surface area (Å²) in [6.07, 6.45) is 6.07. The van der Waals surface area contributed by atoms with Gasteiger partial charge < -0.3 is 20.3 Å². The standard InChI is InChI=1S/C23H29FN8O/c1-13-3-6-32(16-9-15(24)10-26-18(13)16)22-19-21(29-30-22)28-17(11-27-19)31-7-4-23(5-8-31)12-33-14(2)20(23)25/h9-11,13-14,20H,3-8,12,25H2,1-2H3,(H,28,29,30)/t13-,14+,20-/m1/s1. The van der Waals surface area contributed by atoms with Gasteiger partial charge in [0.05, 0.1) is 36.5 Å². The topological polar surface area (TPSA) is 109 Å². The van der Waals surface area contributed by atoms with Crippen LogP contribution in [0.15, 0.2) is 18.5 Å². The largest absolute Gasteiger partial charge is 0.376 e. The number of hydrogen-bond donors (Lipinski definition) is 2. The van der Waals surface area contributed by atoms with Crippen LogP contribution in [0.25, 0.3) is 11.2 Å². The van der Waals surface area contributed by atoms with Gasteiger partial charge in [-0.15, -0.1) is 0 Å². The number of piperidine rings is 1. The maximum absolute atomic E-state index is 14.0. The first kappa shape index (κ1) is 20.7. The molecule has 3 aromatic rings. The lowest BCUT2D eigenvalue weighted by molar-refractivity contribution is 0.0974. The molecule has 174 valence electrons. The number of aromatic nitrogens is 5. The fourth-order valence-electron chi connectivity index (χ4n) is 5.61. The summed E-state index contributed by atoms with van der Waals surface area (Å²) in [7, 11) is 0. The van der Waals surface area contributed by atoms with Crippen LogP contribution in [0.5, 0.6) is 0 Å². The van der Waals surface area contributed by atoms with Crippen LogP contribution >= 0.6 is 0 Å². The Hall–Kier alpha value is -2.85. The van der Waals surface area contributed by atoms with Crippen molar-refractivity contribution in [3.8, 4) is 0 Å². The number of halogens is 1. The van der Waals surface area contributed by atoms with E-state index in [0.29, 0.717) is 17.0 Å². The van der Waals surface area contributed by atoms with Gasteiger partial charge in [0.25, 0.3) is 0 Å². The van der Waals surface area contributed by atoms with E-state index in [0.717, 1.165) is 62.7 Å². The highest BCUT2D eigenvalue weighted by atomic mass is 19.1. The SMILES string of the molecule is C[C@@H]1CCN(c2n[nH]c3nc(N4CCC5(CC4)CO[C@@H](C)[C@H]5N)cnc23)c2cc(F)cnc21. The smallest absolute Gasteiger partial charge is 0.183 e. The highest BCUT2D eigenvalue weighted by Gasteiger charge is 2.47. The van der Waals surface area contributed by atoms with Crippen molar-refractivity contribution in [3.05, 3.63) is 30.0 Å². The van der Waals surface area contributed by atoms with Crippen molar-refractivity contribution in [1.82, 2.24) is 25.1 Å². The van der Waals surface area contributed by atoms with E-state index >= 15 is 0 Å². The molecular formula is C23H29FN8O. The normalized spacial score (nSPS) is 26.8. The molecule has 1 spiro atoms. The highest BCUT2D eigenvalue weighted by Crippen LogP contribution is 2.42. The van der Waals surface area contributed by atoms with E-state index in [2.05, 4.69) is 33.9 Å². The van der Waals surface area contributed by atoms with Crippen molar-refractivity contribution < 1.29 is 9.13 Å². The van der Waals surface area contributed by atoms with E-state index in [9.17, 15) is 4.39 Å². The summed E-state index contributed by atoms with van der Waals surface area (Å²) in [5.74, 6) is 1.40. The molecule has 3 aromatic heterocycles. The zero-order valence-corrected chi connectivity index (χ0v) is 19.0. The first-order valence-electron chi connectivity index (χ1n) is 11.7. The average Bonchev–Trinajstić information content (AvgIpc) is 3.36. The monoisotopic (exact) mass is 452 g/mol. The number of aromatic amines is 1. The minimum absolute atomic E-state index is 0.0662. The Labute approximate surface area is 191 Å². The minimum atomic E-state index is -0.356. The predicted molar refractivity (Wildman–Crippen MR) is 123 cm³/mol. The third-order valence-corrected chi connectivity index (χ3v) is 7.83. The Kier molecular flexibility index (Phi) is 4.77. The lowest BCUT2D eigenvalue weighted by Gasteiger charge is -2.41. The lowest BCUT2D eigenvalue weighted by atomic mass is 9.73. The first-order chi connectivity index (χ1) is 15.9. The number of fused-ring (bicyclic) bond motifs is 2. The van der Waals surface area contributed by atoms with Gasteiger partial charge in [0, 0.05) is 43.1 Å². The third kappa shape index (κ3) is 3.26. The van der Waals surface area contributed by atoms with E-state index < -0.39 is 0 Å². The van der Waals surface area contributed by atoms with Crippen molar-refractivity contribution in [2.75, 3.05) is 36.0 Å². The maximum atomic E-state index is 14.0. The van der Waals surface area contributed by atoms with E-state index in [-0.39, 0.29) is 29.3 Å². The highest BCUT2D eigenvalue weighted by molar-refractivity contribution is 5.87. The van der Waals surface area contributed by atoms with Gasteiger partial charge in [-0.05, 0) is 26.2 Å². The molecule has 2 fully saturated rings. The van der Waals surface area contributed by atoms with Crippen LogP contribution in [0.3, 0.4) is 0 Å². The van der Waals surface area contributed by atoms with Gasteiger partial charge in [-0.25, -0.2) is 14.4 Å². The Morgan fingerprint density at radius 2 is 2.00 bits per heavy atom. The van der Waals surface area contributed by atoms with Gasteiger partial charge in [0.15, 0.2) is 17.0 Å². The van der Waals surface area contributed by atoms with Crippen molar-refractivity contribution in [3.63, 3.8) is 0 Å². The quantitative estimate of drug-likeness (QED) is 0.611. The second kappa shape index (κ2) is 7.59. The molecule has 0 bridgehead atoms. The van der Waals surface area contributed by atoms with Gasteiger partial charge in [-0.1, -0.05) is 6.92 Å². The number of rotatable bonds is 2. The Morgan fingerprint density at radius 1 is 1.18 bits per heavy atom. The van der Waals surface area contributed by atoms with Crippen LogP contribution in [0, 0.1) is 11.2 Å². The number of nitrogens with two attached hydrogens (primary N) is 1. The maximum Gasteiger partial charge on any atom is 0.183 e. The molecule has 3 N–H and O–H groups in total. The molecule has 0 unspecified atom stereocenters. The molecule has 0 amide bonds. The Morgan fingerprint density at radius 3 is 2.76 bits per heavy atom. The molecule has 10 heteroatoms. The van der Waals surface area contributed by atoms with Gasteiger partial charge in [0.2, 0.25) is 0 Å². The summed E-state index contributed by atoms with van der Waals surface area (Å²) >= 11 is 0. The summed E-state index contributed by atoms with van der Waals surface area (Å²) in [5.41, 5.74) is 9.46. The second-order valence-electron chi connectivity index (χ2n) is 9.76. The molecule has 2 saturated heterocycles. The number of pyridine rings is 1. The number of hydrogen-bond acceptors (Lipinski definition) is 8. The van der Waals surface area contributed by atoms with E-state index in [4.69, 9.17) is 20.4 Å². The van der Waals surface area contributed by atoms with Crippen LogP contribution in [0.2, 0.25) is 0 Å². The molecule has 6 rings (SSSR count). The van der Waals surface area contributed by atoms with Crippen LogP contribution in [0.1, 0.15) is 44.7 Å². The first-order valence-corrected chi connectivity index (χ1v) is 11.7. The van der Waals surface area contributed by atoms with Crippen LogP contribution < -0.4 is 15.5 Å². The average molecular weight is 453 g/mol. The van der Waals surface area contributed by atoms with Crippen molar-refractivity contribution in [2.24, 2.45) is 11.1 Å². The fraction of sp³-hybridized carbons (Fsp3) is 0.565. The molecule has 6 heterocycles. The van der Waals surface area contributed by atoms with Crippen LogP contribution in [-0.2, 0) is 4.74 Å². The Balaban J connectivity index is 1.26. The summed E-state index contributed by atoms with van der Waals surface area (Å²) in [6, 6.07) is 1.61. The number of nitrogens with zero attached hydrogens (tertiary/aromatic N) is 6. The van der Waals surface area contributed by atoms with Gasteiger partial charge in [-0.2, -0.15) is 5.10 Å². The molecule has 3 aliphatic heterocycles. The lowest BCUT2D eigenvalue weighted by Crippen LogP contribution is -2.50. The van der Waals surface area contributed by atoms with Crippen LogP contribution in [-0.4, -0.2) is 63.5 Å². The summed E-state index contributed by atoms with van der Waals surface area (Å²) in [6.45, 7) is 7.37.